The largest absolute Gasteiger partial charge is 0.508 e. The van der Waals surface area contributed by atoms with Gasteiger partial charge in [0, 0.05) is 25.1 Å². The van der Waals surface area contributed by atoms with Gasteiger partial charge in [-0.3, -0.25) is 4.79 Å². The molecule has 1 amide bonds. The summed E-state index contributed by atoms with van der Waals surface area (Å²) < 4.78 is 18.5. The molecule has 1 heterocycles. The molecule has 2 N–H and O–H groups in total. The van der Waals surface area contributed by atoms with E-state index in [0.717, 1.165) is 12.5 Å². The Bertz CT molecular complexity index is 416. The summed E-state index contributed by atoms with van der Waals surface area (Å²) >= 11 is 0. The number of hydrogen-bond donors (Lipinski definition) is 2. The van der Waals surface area contributed by atoms with Gasteiger partial charge in [0.05, 0.1) is 12.2 Å². The van der Waals surface area contributed by atoms with Gasteiger partial charge >= 0.3 is 0 Å². The average Bonchev–Trinajstić information content (AvgIpc) is 2.78. The van der Waals surface area contributed by atoms with Crippen molar-refractivity contribution in [2.45, 2.75) is 6.42 Å². The molecule has 1 fully saturated rings. The molecule has 0 radical (unpaired) electrons. The van der Waals surface area contributed by atoms with Crippen LogP contribution in [-0.4, -0.2) is 30.8 Å². The van der Waals surface area contributed by atoms with Gasteiger partial charge in [0.25, 0.3) is 5.91 Å². The third kappa shape index (κ3) is 2.94. The summed E-state index contributed by atoms with van der Waals surface area (Å²) in [5, 5.41) is 11.7. The van der Waals surface area contributed by atoms with E-state index in [1.54, 1.807) is 0 Å². The molecule has 1 unspecified atom stereocenters. The number of halogens is 1. The Morgan fingerprint density at radius 2 is 2.41 bits per heavy atom. The van der Waals surface area contributed by atoms with Gasteiger partial charge in [-0.25, -0.2) is 4.39 Å². The first-order chi connectivity index (χ1) is 8.16. The molecule has 1 aliphatic rings. The van der Waals surface area contributed by atoms with E-state index in [1.807, 2.05) is 0 Å². The van der Waals surface area contributed by atoms with Gasteiger partial charge in [-0.2, -0.15) is 0 Å². The molecular weight excluding hydrogens is 225 g/mol. The lowest BCUT2D eigenvalue weighted by Gasteiger charge is -2.10. The molecule has 5 heteroatoms. The first-order valence-electron chi connectivity index (χ1n) is 5.51. The van der Waals surface area contributed by atoms with E-state index >= 15 is 0 Å². The molecule has 0 bridgehead atoms. The summed E-state index contributed by atoms with van der Waals surface area (Å²) in [4.78, 5) is 11.7. The number of hydrogen-bond acceptors (Lipinski definition) is 3. The van der Waals surface area contributed by atoms with Crippen LogP contribution >= 0.6 is 0 Å². The predicted molar refractivity (Wildman–Crippen MR) is 59.3 cm³/mol. The van der Waals surface area contributed by atoms with Gasteiger partial charge in [0.1, 0.15) is 11.6 Å². The molecule has 92 valence electrons. The summed E-state index contributed by atoms with van der Waals surface area (Å²) in [5.74, 6) is -1.07. The Labute approximate surface area is 98.4 Å². The Morgan fingerprint density at radius 1 is 1.59 bits per heavy atom. The maximum atomic E-state index is 13.4. The normalized spacial score (nSPS) is 19.2. The van der Waals surface area contributed by atoms with E-state index in [9.17, 15) is 9.18 Å². The average molecular weight is 239 g/mol. The first-order valence-corrected chi connectivity index (χ1v) is 5.51. The summed E-state index contributed by atoms with van der Waals surface area (Å²) in [7, 11) is 0. The number of nitrogens with one attached hydrogen (secondary N) is 1. The van der Waals surface area contributed by atoms with Crippen LogP contribution in [0.2, 0.25) is 0 Å². The highest BCUT2D eigenvalue weighted by Crippen LogP contribution is 2.15. The van der Waals surface area contributed by atoms with Gasteiger partial charge in [-0.15, -0.1) is 0 Å². The summed E-state index contributed by atoms with van der Waals surface area (Å²) in [6.07, 6.45) is 0.915. The van der Waals surface area contributed by atoms with Gasteiger partial charge in [0.15, 0.2) is 0 Å². The minimum Gasteiger partial charge on any atom is -0.508 e. The highest BCUT2D eigenvalue weighted by molar-refractivity contribution is 5.94. The number of rotatable bonds is 3. The Balaban J connectivity index is 1.94. The summed E-state index contributed by atoms with van der Waals surface area (Å²) in [6.45, 7) is 1.84. The SMILES string of the molecule is O=C(NCC1CCOC1)c1ccc(O)cc1F. The fourth-order valence-electron chi connectivity index (χ4n) is 1.76. The van der Waals surface area contributed by atoms with Gasteiger partial charge < -0.3 is 15.2 Å². The molecule has 4 nitrogen and oxygen atoms in total. The van der Waals surface area contributed by atoms with Crippen molar-refractivity contribution in [1.29, 1.82) is 0 Å². The number of carbonyl (C=O) groups is 1. The Morgan fingerprint density at radius 3 is 3.06 bits per heavy atom. The maximum Gasteiger partial charge on any atom is 0.254 e. The molecule has 1 atom stereocenters. The van der Waals surface area contributed by atoms with Crippen molar-refractivity contribution in [3.63, 3.8) is 0 Å². The van der Waals surface area contributed by atoms with Crippen molar-refractivity contribution in [2.75, 3.05) is 19.8 Å². The van der Waals surface area contributed by atoms with Crippen LogP contribution in [0.5, 0.6) is 5.75 Å². The van der Waals surface area contributed by atoms with Crippen LogP contribution < -0.4 is 5.32 Å². The zero-order valence-corrected chi connectivity index (χ0v) is 9.28. The van der Waals surface area contributed by atoms with Crippen molar-refractivity contribution >= 4 is 5.91 Å². The molecule has 1 saturated heterocycles. The summed E-state index contributed by atoms with van der Waals surface area (Å²) in [5.41, 5.74) is -0.0540. The number of phenols is 1. The molecule has 0 aliphatic carbocycles. The minimum atomic E-state index is -0.717. The highest BCUT2D eigenvalue weighted by atomic mass is 19.1. The third-order valence-corrected chi connectivity index (χ3v) is 2.77. The van der Waals surface area contributed by atoms with Gasteiger partial charge in [-0.1, -0.05) is 0 Å². The van der Waals surface area contributed by atoms with Crippen molar-refractivity contribution < 1.29 is 19.0 Å². The van der Waals surface area contributed by atoms with Crippen molar-refractivity contribution in [1.82, 2.24) is 5.32 Å². The highest BCUT2D eigenvalue weighted by Gasteiger charge is 2.18. The monoisotopic (exact) mass is 239 g/mol. The van der Waals surface area contributed by atoms with Gasteiger partial charge in [-0.05, 0) is 18.6 Å². The van der Waals surface area contributed by atoms with Gasteiger partial charge in [0.2, 0.25) is 0 Å². The fourth-order valence-corrected chi connectivity index (χ4v) is 1.76. The zero-order chi connectivity index (χ0) is 12.3. The molecule has 17 heavy (non-hydrogen) atoms. The van der Waals surface area contributed by atoms with E-state index < -0.39 is 11.7 Å². The Hall–Kier alpha value is -1.62. The Kier molecular flexibility index (Phi) is 3.58. The van der Waals surface area contributed by atoms with Crippen LogP contribution in [0.3, 0.4) is 0 Å². The number of phenolic OH excluding ortho intramolecular Hbond substituents is 1. The van der Waals surface area contributed by atoms with Crippen molar-refractivity contribution in [2.24, 2.45) is 5.92 Å². The number of benzene rings is 1. The van der Waals surface area contributed by atoms with E-state index in [1.165, 1.54) is 12.1 Å². The molecule has 0 saturated carbocycles. The topological polar surface area (TPSA) is 58.6 Å². The number of carbonyl (C=O) groups excluding carboxylic acids is 1. The fraction of sp³-hybridized carbons (Fsp3) is 0.417. The molecule has 1 aromatic carbocycles. The van der Waals surface area contributed by atoms with E-state index in [-0.39, 0.29) is 11.3 Å². The van der Waals surface area contributed by atoms with Crippen molar-refractivity contribution in [3.8, 4) is 5.75 Å². The molecule has 0 spiro atoms. The lowest BCUT2D eigenvalue weighted by molar-refractivity contribution is 0.0941. The van der Waals surface area contributed by atoms with Crippen LogP contribution in [-0.2, 0) is 4.74 Å². The molecule has 2 rings (SSSR count). The number of aromatic hydroxyl groups is 1. The zero-order valence-electron chi connectivity index (χ0n) is 9.28. The van der Waals surface area contributed by atoms with E-state index in [0.29, 0.717) is 25.7 Å². The number of ether oxygens (including phenoxy) is 1. The van der Waals surface area contributed by atoms with E-state index in [2.05, 4.69) is 5.32 Å². The second-order valence-corrected chi connectivity index (χ2v) is 4.10. The third-order valence-electron chi connectivity index (χ3n) is 2.77. The van der Waals surface area contributed by atoms with Crippen molar-refractivity contribution in [3.05, 3.63) is 29.6 Å². The first kappa shape index (κ1) is 11.9. The van der Waals surface area contributed by atoms with E-state index in [4.69, 9.17) is 9.84 Å². The van der Waals surface area contributed by atoms with Crippen LogP contribution in [0.4, 0.5) is 4.39 Å². The van der Waals surface area contributed by atoms with Crippen LogP contribution in [0.25, 0.3) is 0 Å². The number of amides is 1. The van der Waals surface area contributed by atoms with Crippen LogP contribution in [0.1, 0.15) is 16.8 Å². The lowest BCUT2D eigenvalue weighted by Crippen LogP contribution is -2.30. The quantitative estimate of drug-likeness (QED) is 0.835. The lowest BCUT2D eigenvalue weighted by atomic mass is 10.1. The van der Waals surface area contributed by atoms with Crippen LogP contribution in [0, 0.1) is 11.7 Å². The van der Waals surface area contributed by atoms with Crippen LogP contribution in [0.15, 0.2) is 18.2 Å². The standard InChI is InChI=1S/C12H14FNO3/c13-11-5-9(15)1-2-10(11)12(16)14-6-8-3-4-17-7-8/h1-2,5,8,15H,3-4,6-7H2,(H,14,16). The summed E-state index contributed by atoms with van der Waals surface area (Å²) in [6, 6.07) is 3.48. The minimum absolute atomic E-state index is 0.0540. The predicted octanol–water partition coefficient (Wildman–Crippen LogP) is 1.30. The molecule has 0 aromatic heterocycles. The second-order valence-electron chi connectivity index (χ2n) is 4.10. The second kappa shape index (κ2) is 5.14. The molecule has 1 aliphatic heterocycles. The molecular formula is C12H14FNO3. The molecule has 1 aromatic rings. The smallest absolute Gasteiger partial charge is 0.254 e. The maximum absolute atomic E-state index is 13.4.